The van der Waals surface area contributed by atoms with Crippen molar-refractivity contribution in [2.75, 3.05) is 53.3 Å². The Balaban J connectivity index is 1.70. The van der Waals surface area contributed by atoms with E-state index in [2.05, 4.69) is 54.5 Å². The third kappa shape index (κ3) is 4.91. The van der Waals surface area contributed by atoms with Gasteiger partial charge >= 0.3 is 0 Å². The van der Waals surface area contributed by atoms with Gasteiger partial charge in [-0.25, -0.2) is 15.0 Å². The van der Waals surface area contributed by atoms with Gasteiger partial charge in [-0.3, -0.25) is 4.21 Å². The number of aromatic nitrogens is 4. The van der Waals surface area contributed by atoms with E-state index < -0.39 is 10.8 Å². The van der Waals surface area contributed by atoms with Crippen molar-refractivity contribution in [3.05, 3.63) is 41.7 Å². The fourth-order valence-electron chi connectivity index (χ4n) is 3.63. The van der Waals surface area contributed by atoms with Crippen LogP contribution >= 0.6 is 0 Å². The molecular weight excluding hydrogens is 414 g/mol. The monoisotopic (exact) mass is 441 g/mol. The van der Waals surface area contributed by atoms with Gasteiger partial charge < -0.3 is 20.6 Å². The standard InChI is InChI=1S/C21H27N7O2S/c1-2-15-5-3-4-6-16(15)13-23-19-17-18(24-14-25-19)20(27-21(26-17)22-7-10-29)28-8-11-31(30)12-9-28/h3-6,14,29H,2,7-13H2,1H3,(H,22,26,27)(H,23,24,25). The first kappa shape index (κ1) is 21.4. The lowest BCUT2D eigenvalue weighted by Crippen LogP contribution is -2.38. The van der Waals surface area contributed by atoms with E-state index in [1.165, 1.54) is 17.5 Å². The minimum atomic E-state index is -0.789. The Morgan fingerprint density at radius 3 is 2.58 bits per heavy atom. The second-order valence-corrected chi connectivity index (χ2v) is 8.95. The van der Waals surface area contributed by atoms with Crippen LogP contribution in [0.1, 0.15) is 18.1 Å². The lowest BCUT2D eigenvalue weighted by Gasteiger charge is -2.28. The summed E-state index contributed by atoms with van der Waals surface area (Å²) >= 11 is 0. The maximum absolute atomic E-state index is 11.8. The molecule has 3 N–H and O–H groups in total. The number of nitrogens with one attached hydrogen (secondary N) is 2. The van der Waals surface area contributed by atoms with Gasteiger partial charge in [0.25, 0.3) is 0 Å². The van der Waals surface area contributed by atoms with E-state index in [0.29, 0.717) is 66.3 Å². The van der Waals surface area contributed by atoms with Crippen molar-refractivity contribution in [2.45, 2.75) is 19.9 Å². The van der Waals surface area contributed by atoms with Crippen LogP contribution in [0.25, 0.3) is 11.0 Å². The molecule has 4 rings (SSSR count). The van der Waals surface area contributed by atoms with Gasteiger partial charge in [0, 0.05) is 48.5 Å². The summed E-state index contributed by atoms with van der Waals surface area (Å²) in [4.78, 5) is 20.3. The van der Waals surface area contributed by atoms with Gasteiger partial charge in [-0.1, -0.05) is 31.2 Å². The molecule has 0 bridgehead atoms. The zero-order chi connectivity index (χ0) is 21.6. The van der Waals surface area contributed by atoms with E-state index >= 15 is 0 Å². The molecule has 1 aromatic carbocycles. The number of rotatable bonds is 8. The molecule has 0 saturated carbocycles. The molecule has 1 aliphatic rings. The zero-order valence-corrected chi connectivity index (χ0v) is 18.4. The summed E-state index contributed by atoms with van der Waals surface area (Å²) in [7, 11) is -0.789. The van der Waals surface area contributed by atoms with E-state index in [-0.39, 0.29) is 6.61 Å². The second-order valence-electron chi connectivity index (χ2n) is 7.25. The van der Waals surface area contributed by atoms with Crippen LogP contribution in [0.4, 0.5) is 17.6 Å². The Kier molecular flexibility index (Phi) is 6.88. The molecule has 0 amide bonds. The topological polar surface area (TPSA) is 116 Å². The molecule has 0 spiro atoms. The van der Waals surface area contributed by atoms with Gasteiger partial charge in [-0.2, -0.15) is 4.98 Å². The molecule has 10 heteroatoms. The number of hydrogen-bond acceptors (Lipinski definition) is 9. The zero-order valence-electron chi connectivity index (χ0n) is 17.5. The Morgan fingerprint density at radius 2 is 1.84 bits per heavy atom. The summed E-state index contributed by atoms with van der Waals surface area (Å²) in [6.07, 6.45) is 2.48. The number of aryl methyl sites for hydroxylation is 1. The van der Waals surface area contributed by atoms with Crippen LogP contribution in [-0.2, 0) is 23.8 Å². The van der Waals surface area contributed by atoms with E-state index in [4.69, 9.17) is 0 Å². The SMILES string of the molecule is CCc1ccccc1CNc1ncnc2c(N3CCS(=O)CC3)nc(NCCO)nc12. The fraction of sp³-hybridized carbons (Fsp3) is 0.429. The number of anilines is 3. The first-order valence-corrected chi connectivity index (χ1v) is 12.0. The van der Waals surface area contributed by atoms with Gasteiger partial charge in [0.05, 0.1) is 6.61 Å². The molecule has 9 nitrogen and oxygen atoms in total. The number of nitrogens with zero attached hydrogens (tertiary/aromatic N) is 5. The third-order valence-corrected chi connectivity index (χ3v) is 6.56. The maximum atomic E-state index is 11.8. The van der Waals surface area contributed by atoms with Crippen molar-refractivity contribution in [1.82, 2.24) is 19.9 Å². The molecule has 0 unspecified atom stereocenters. The van der Waals surface area contributed by atoms with Crippen LogP contribution in [-0.4, -0.2) is 67.0 Å². The Bertz CT molecular complexity index is 1070. The molecule has 0 radical (unpaired) electrons. The lowest BCUT2D eigenvalue weighted by molar-refractivity contribution is 0.311. The molecule has 1 saturated heterocycles. The van der Waals surface area contributed by atoms with Crippen LogP contribution in [0.2, 0.25) is 0 Å². The third-order valence-electron chi connectivity index (χ3n) is 5.28. The molecule has 3 heterocycles. The predicted octanol–water partition coefficient (Wildman–Crippen LogP) is 1.57. The fourth-order valence-corrected chi connectivity index (χ4v) is 4.68. The highest BCUT2D eigenvalue weighted by atomic mass is 32.2. The highest BCUT2D eigenvalue weighted by molar-refractivity contribution is 7.85. The molecule has 1 fully saturated rings. The van der Waals surface area contributed by atoms with Crippen molar-refractivity contribution in [3.8, 4) is 0 Å². The number of aliphatic hydroxyl groups excluding tert-OH is 1. The maximum Gasteiger partial charge on any atom is 0.225 e. The smallest absolute Gasteiger partial charge is 0.225 e. The molecule has 0 aliphatic carbocycles. The van der Waals surface area contributed by atoms with Crippen LogP contribution < -0.4 is 15.5 Å². The van der Waals surface area contributed by atoms with Crippen molar-refractivity contribution >= 4 is 39.4 Å². The quantitative estimate of drug-likeness (QED) is 0.479. The van der Waals surface area contributed by atoms with Gasteiger partial charge in [-0.05, 0) is 17.5 Å². The van der Waals surface area contributed by atoms with Crippen LogP contribution in [0.5, 0.6) is 0 Å². The Labute approximate surface area is 183 Å². The molecular formula is C21H27N7O2S. The summed E-state index contributed by atoms with van der Waals surface area (Å²) in [5, 5.41) is 15.7. The minimum Gasteiger partial charge on any atom is -0.395 e. The van der Waals surface area contributed by atoms with E-state index in [0.717, 1.165) is 6.42 Å². The van der Waals surface area contributed by atoms with Gasteiger partial charge in [0.1, 0.15) is 17.4 Å². The van der Waals surface area contributed by atoms with Gasteiger partial charge in [0.2, 0.25) is 5.95 Å². The summed E-state index contributed by atoms with van der Waals surface area (Å²) in [5.41, 5.74) is 3.77. The Morgan fingerprint density at radius 1 is 1.06 bits per heavy atom. The number of aliphatic hydroxyl groups is 1. The van der Waals surface area contributed by atoms with Crippen LogP contribution in [0, 0.1) is 0 Å². The average molecular weight is 442 g/mol. The first-order chi connectivity index (χ1) is 15.2. The molecule has 0 atom stereocenters. The number of hydrogen-bond donors (Lipinski definition) is 3. The van der Waals surface area contributed by atoms with Gasteiger partial charge in [0.15, 0.2) is 11.6 Å². The van der Waals surface area contributed by atoms with Crippen LogP contribution in [0.3, 0.4) is 0 Å². The lowest BCUT2D eigenvalue weighted by atomic mass is 10.1. The average Bonchev–Trinajstić information content (AvgIpc) is 2.81. The highest BCUT2D eigenvalue weighted by Crippen LogP contribution is 2.28. The molecule has 31 heavy (non-hydrogen) atoms. The summed E-state index contributed by atoms with van der Waals surface area (Å²) in [6.45, 7) is 4.38. The molecule has 2 aromatic heterocycles. The van der Waals surface area contributed by atoms with Crippen molar-refractivity contribution in [2.24, 2.45) is 0 Å². The van der Waals surface area contributed by atoms with Crippen molar-refractivity contribution in [1.29, 1.82) is 0 Å². The van der Waals surface area contributed by atoms with Gasteiger partial charge in [-0.15, -0.1) is 0 Å². The van der Waals surface area contributed by atoms with Crippen molar-refractivity contribution < 1.29 is 9.32 Å². The number of fused-ring (bicyclic) bond motifs is 1. The van der Waals surface area contributed by atoms with Crippen molar-refractivity contribution in [3.63, 3.8) is 0 Å². The largest absolute Gasteiger partial charge is 0.395 e. The Hall–Kier alpha value is -2.85. The summed E-state index contributed by atoms with van der Waals surface area (Å²) < 4.78 is 11.8. The van der Waals surface area contributed by atoms with E-state index in [1.807, 2.05) is 12.1 Å². The molecule has 1 aliphatic heterocycles. The first-order valence-electron chi connectivity index (χ1n) is 10.5. The summed E-state index contributed by atoms with van der Waals surface area (Å²) in [6, 6.07) is 8.32. The highest BCUT2D eigenvalue weighted by Gasteiger charge is 2.22. The molecule has 164 valence electrons. The molecule has 3 aromatic rings. The van der Waals surface area contributed by atoms with E-state index in [1.54, 1.807) is 0 Å². The summed E-state index contributed by atoms with van der Waals surface area (Å²) in [5.74, 6) is 2.95. The minimum absolute atomic E-state index is 0.0242. The second kappa shape index (κ2) is 9.97. The number of benzene rings is 1. The normalized spacial score (nSPS) is 14.7. The van der Waals surface area contributed by atoms with Crippen LogP contribution in [0.15, 0.2) is 30.6 Å². The predicted molar refractivity (Wildman–Crippen MR) is 124 cm³/mol. The van der Waals surface area contributed by atoms with E-state index in [9.17, 15) is 9.32 Å².